The van der Waals surface area contributed by atoms with Gasteiger partial charge in [-0.1, -0.05) is 30.3 Å². The molecule has 0 radical (unpaired) electrons. The van der Waals surface area contributed by atoms with Crippen LogP contribution in [0.1, 0.15) is 12.5 Å². The van der Waals surface area contributed by atoms with Crippen LogP contribution < -0.4 is 14.8 Å². The van der Waals surface area contributed by atoms with Crippen LogP contribution >= 0.6 is 0 Å². The fraction of sp³-hybridized carbons (Fsp3) is 0.227. The quantitative estimate of drug-likeness (QED) is 0.725. The van der Waals surface area contributed by atoms with Gasteiger partial charge in [0, 0.05) is 19.0 Å². The third-order valence-electron chi connectivity index (χ3n) is 4.46. The Morgan fingerprint density at radius 2 is 1.77 bits per heavy atom. The van der Waals surface area contributed by atoms with Crippen molar-refractivity contribution < 1.29 is 14.3 Å². The summed E-state index contributed by atoms with van der Waals surface area (Å²) < 4.78 is 10.9. The van der Waals surface area contributed by atoms with Crippen LogP contribution in [0.15, 0.2) is 54.6 Å². The van der Waals surface area contributed by atoms with Crippen molar-refractivity contribution in [1.82, 2.24) is 5.32 Å². The van der Waals surface area contributed by atoms with E-state index in [2.05, 4.69) is 35.6 Å². The van der Waals surface area contributed by atoms with E-state index >= 15 is 0 Å². The molecule has 3 aromatic rings. The molecule has 0 saturated carbocycles. The molecule has 1 amide bonds. The first kappa shape index (κ1) is 17.8. The van der Waals surface area contributed by atoms with Crippen molar-refractivity contribution in [3.05, 3.63) is 60.2 Å². The number of carbonyl (C=O) groups is 1. The van der Waals surface area contributed by atoms with Crippen molar-refractivity contribution in [3.8, 4) is 22.6 Å². The summed E-state index contributed by atoms with van der Waals surface area (Å²) in [5, 5.41) is 5.15. The lowest BCUT2D eigenvalue weighted by Crippen LogP contribution is -2.22. The molecule has 0 fully saturated rings. The Kier molecular flexibility index (Phi) is 5.42. The molecule has 0 saturated heterocycles. The number of rotatable bonds is 6. The molecule has 1 N–H and O–H groups in total. The number of benzene rings is 3. The van der Waals surface area contributed by atoms with Crippen LogP contribution in [0.4, 0.5) is 0 Å². The molecule has 0 spiro atoms. The van der Waals surface area contributed by atoms with Gasteiger partial charge in [0.1, 0.15) is 11.5 Å². The monoisotopic (exact) mass is 349 g/mol. The normalized spacial score (nSPS) is 10.6. The second kappa shape index (κ2) is 7.91. The van der Waals surface area contributed by atoms with E-state index < -0.39 is 0 Å². The Bertz CT molecular complexity index is 917. The highest BCUT2D eigenvalue weighted by Crippen LogP contribution is 2.36. The van der Waals surface area contributed by atoms with Crippen molar-refractivity contribution in [3.63, 3.8) is 0 Å². The topological polar surface area (TPSA) is 47.6 Å². The number of fused-ring (bicyclic) bond motifs is 1. The van der Waals surface area contributed by atoms with Gasteiger partial charge in [-0.05, 0) is 52.6 Å². The Hall–Kier alpha value is -3.01. The van der Waals surface area contributed by atoms with E-state index in [0.29, 0.717) is 6.54 Å². The van der Waals surface area contributed by atoms with Crippen molar-refractivity contribution in [2.45, 2.75) is 13.3 Å². The number of ether oxygens (including phenoxy) is 2. The molecule has 4 heteroatoms. The maximum absolute atomic E-state index is 11.1. The van der Waals surface area contributed by atoms with E-state index in [1.807, 2.05) is 24.3 Å². The Balaban J connectivity index is 2.02. The van der Waals surface area contributed by atoms with Crippen molar-refractivity contribution in [2.75, 3.05) is 20.8 Å². The molecular weight excluding hydrogens is 326 g/mol. The summed E-state index contributed by atoms with van der Waals surface area (Å²) in [5.41, 5.74) is 3.31. The lowest BCUT2D eigenvalue weighted by atomic mass is 9.96. The molecule has 3 aromatic carbocycles. The first-order valence-corrected chi connectivity index (χ1v) is 8.61. The second-order valence-electron chi connectivity index (χ2n) is 6.15. The molecule has 0 atom stereocenters. The molecule has 0 aliphatic heterocycles. The third kappa shape index (κ3) is 3.80. The fourth-order valence-corrected chi connectivity index (χ4v) is 3.13. The number of carbonyl (C=O) groups excluding carboxylic acids is 1. The van der Waals surface area contributed by atoms with Crippen molar-refractivity contribution >= 4 is 16.7 Å². The fourth-order valence-electron chi connectivity index (χ4n) is 3.13. The predicted molar refractivity (Wildman–Crippen MR) is 105 cm³/mol. The molecular formula is C22H23NO3. The van der Waals surface area contributed by atoms with Crippen molar-refractivity contribution in [2.24, 2.45) is 0 Å². The number of hydrogen-bond donors (Lipinski definition) is 1. The summed E-state index contributed by atoms with van der Waals surface area (Å²) in [4.78, 5) is 11.1. The maximum Gasteiger partial charge on any atom is 0.216 e. The third-order valence-corrected chi connectivity index (χ3v) is 4.46. The molecule has 0 aromatic heterocycles. The van der Waals surface area contributed by atoms with Gasteiger partial charge in [-0.25, -0.2) is 0 Å². The van der Waals surface area contributed by atoms with Crippen LogP contribution in [0.2, 0.25) is 0 Å². The highest BCUT2D eigenvalue weighted by molar-refractivity contribution is 5.93. The van der Waals surface area contributed by atoms with E-state index in [9.17, 15) is 4.79 Å². The largest absolute Gasteiger partial charge is 0.497 e. The molecule has 0 heterocycles. The zero-order valence-electron chi connectivity index (χ0n) is 15.3. The SMILES string of the molecule is COc1ccc(-c2cc3cccc(CCNC(C)=O)c3cc2OC)cc1. The van der Waals surface area contributed by atoms with Gasteiger partial charge in [-0.2, -0.15) is 0 Å². The van der Waals surface area contributed by atoms with Gasteiger partial charge in [0.15, 0.2) is 0 Å². The van der Waals surface area contributed by atoms with Gasteiger partial charge in [0.25, 0.3) is 0 Å². The molecule has 0 aliphatic carbocycles. The minimum Gasteiger partial charge on any atom is -0.497 e. The van der Waals surface area contributed by atoms with Gasteiger partial charge in [0.2, 0.25) is 5.91 Å². The van der Waals surface area contributed by atoms with Crippen LogP contribution in [0.3, 0.4) is 0 Å². The van der Waals surface area contributed by atoms with Crippen LogP contribution in [-0.4, -0.2) is 26.7 Å². The Labute approximate surface area is 153 Å². The average molecular weight is 349 g/mol. The van der Waals surface area contributed by atoms with Crippen LogP contribution in [0.5, 0.6) is 11.5 Å². The van der Waals surface area contributed by atoms with Gasteiger partial charge in [0.05, 0.1) is 14.2 Å². The molecule has 26 heavy (non-hydrogen) atoms. The molecule has 3 rings (SSSR count). The smallest absolute Gasteiger partial charge is 0.216 e. The van der Waals surface area contributed by atoms with Crippen LogP contribution in [-0.2, 0) is 11.2 Å². The molecule has 0 unspecified atom stereocenters. The van der Waals surface area contributed by atoms with Gasteiger partial charge in [-0.3, -0.25) is 4.79 Å². The van der Waals surface area contributed by atoms with Gasteiger partial charge < -0.3 is 14.8 Å². The van der Waals surface area contributed by atoms with E-state index in [-0.39, 0.29) is 5.91 Å². The molecule has 4 nitrogen and oxygen atoms in total. The van der Waals surface area contributed by atoms with E-state index in [1.54, 1.807) is 14.2 Å². The highest BCUT2D eigenvalue weighted by Gasteiger charge is 2.11. The maximum atomic E-state index is 11.1. The molecule has 0 bridgehead atoms. The lowest BCUT2D eigenvalue weighted by Gasteiger charge is -2.14. The summed E-state index contributed by atoms with van der Waals surface area (Å²) in [7, 11) is 3.35. The number of nitrogens with one attached hydrogen (secondary N) is 1. The molecule has 0 aliphatic rings. The zero-order chi connectivity index (χ0) is 18.5. The number of hydrogen-bond acceptors (Lipinski definition) is 3. The minimum atomic E-state index is -0.00962. The Morgan fingerprint density at radius 3 is 2.42 bits per heavy atom. The number of methoxy groups -OCH3 is 2. The van der Waals surface area contributed by atoms with E-state index in [0.717, 1.165) is 39.8 Å². The summed E-state index contributed by atoms with van der Waals surface area (Å²) in [6.07, 6.45) is 0.780. The van der Waals surface area contributed by atoms with Gasteiger partial charge >= 0.3 is 0 Å². The lowest BCUT2D eigenvalue weighted by molar-refractivity contribution is -0.118. The second-order valence-corrected chi connectivity index (χ2v) is 6.15. The van der Waals surface area contributed by atoms with Gasteiger partial charge in [-0.15, -0.1) is 0 Å². The first-order valence-electron chi connectivity index (χ1n) is 8.61. The van der Waals surface area contributed by atoms with Crippen LogP contribution in [0, 0.1) is 0 Å². The zero-order valence-corrected chi connectivity index (χ0v) is 15.3. The van der Waals surface area contributed by atoms with E-state index in [1.165, 1.54) is 12.5 Å². The van der Waals surface area contributed by atoms with Crippen molar-refractivity contribution in [1.29, 1.82) is 0 Å². The average Bonchev–Trinajstić information content (AvgIpc) is 2.67. The minimum absolute atomic E-state index is 0.00962. The van der Waals surface area contributed by atoms with E-state index in [4.69, 9.17) is 9.47 Å². The Morgan fingerprint density at radius 1 is 1.00 bits per heavy atom. The summed E-state index contributed by atoms with van der Waals surface area (Å²) in [6, 6.07) is 18.4. The summed E-state index contributed by atoms with van der Waals surface area (Å²) in [5.74, 6) is 1.65. The van der Waals surface area contributed by atoms with Crippen LogP contribution in [0.25, 0.3) is 21.9 Å². The number of amides is 1. The first-order chi connectivity index (χ1) is 12.6. The standard InChI is InChI=1S/C22H23NO3/c1-15(24)23-12-11-16-5-4-6-18-13-21(22(26-3)14-20(16)18)17-7-9-19(25-2)10-8-17/h4-10,13-14H,11-12H2,1-3H3,(H,23,24). The molecule has 134 valence electrons. The predicted octanol–water partition coefficient (Wildman–Crippen LogP) is 4.20. The summed E-state index contributed by atoms with van der Waals surface area (Å²) >= 11 is 0. The summed E-state index contributed by atoms with van der Waals surface area (Å²) in [6.45, 7) is 2.16. The highest BCUT2D eigenvalue weighted by atomic mass is 16.5.